The summed E-state index contributed by atoms with van der Waals surface area (Å²) in [5.74, 6) is -0.693. The van der Waals surface area contributed by atoms with Crippen LogP contribution >= 0.6 is 11.6 Å². The quantitative estimate of drug-likeness (QED) is 0.840. The van der Waals surface area contributed by atoms with E-state index in [9.17, 15) is 14.4 Å². The van der Waals surface area contributed by atoms with Crippen LogP contribution in [0.2, 0.25) is 5.02 Å². The van der Waals surface area contributed by atoms with E-state index < -0.39 is 0 Å². The van der Waals surface area contributed by atoms with Gasteiger partial charge in [-0.3, -0.25) is 19.3 Å². The smallest absolute Gasteiger partial charge is 0.229 e. The molecule has 0 radical (unpaired) electrons. The highest BCUT2D eigenvalue weighted by Gasteiger charge is 2.28. The Morgan fingerprint density at radius 3 is 2.50 bits per heavy atom. The average Bonchev–Trinajstić information content (AvgIpc) is 2.75. The van der Waals surface area contributed by atoms with Gasteiger partial charge in [-0.1, -0.05) is 17.7 Å². The molecule has 0 saturated carbocycles. The molecule has 1 aromatic carbocycles. The van der Waals surface area contributed by atoms with Crippen molar-refractivity contribution in [1.82, 2.24) is 4.90 Å². The number of hydrogen-bond acceptors (Lipinski definition) is 4. The summed E-state index contributed by atoms with van der Waals surface area (Å²) in [7, 11) is 3.66. The largest absolute Gasteiger partial charge is 0.375 e. The van der Waals surface area contributed by atoms with Crippen molar-refractivity contribution in [3.8, 4) is 0 Å². The maximum Gasteiger partial charge on any atom is 0.229 e. The summed E-state index contributed by atoms with van der Waals surface area (Å²) >= 11 is 6.14. The highest BCUT2D eigenvalue weighted by molar-refractivity contribution is 6.34. The third-order valence-electron chi connectivity index (χ3n) is 3.43. The average molecular weight is 324 g/mol. The number of imide groups is 1. The molecule has 22 heavy (non-hydrogen) atoms. The van der Waals surface area contributed by atoms with Gasteiger partial charge in [0.25, 0.3) is 0 Å². The molecule has 1 aliphatic heterocycles. The summed E-state index contributed by atoms with van der Waals surface area (Å²) in [4.78, 5) is 38.0. The van der Waals surface area contributed by atoms with Crippen LogP contribution < -0.4 is 10.2 Å². The minimum atomic E-state index is -0.266. The van der Waals surface area contributed by atoms with Gasteiger partial charge in [0.15, 0.2) is 0 Å². The standard InChI is InChI=1S/C15H18ClN3O3/c1-18(2)15-10(16)4-3-5-11(15)17-12(20)8-9-19-13(21)6-7-14(19)22/h3-5H,6-9H2,1-2H3,(H,17,20). The van der Waals surface area contributed by atoms with Gasteiger partial charge in [-0.2, -0.15) is 0 Å². The Morgan fingerprint density at radius 2 is 1.91 bits per heavy atom. The Labute approximate surface area is 134 Å². The van der Waals surface area contributed by atoms with Crippen molar-refractivity contribution in [1.29, 1.82) is 0 Å². The van der Waals surface area contributed by atoms with Crippen LogP contribution in [-0.2, 0) is 14.4 Å². The topological polar surface area (TPSA) is 69.7 Å². The van der Waals surface area contributed by atoms with Crippen molar-refractivity contribution in [3.63, 3.8) is 0 Å². The number of hydrogen-bond donors (Lipinski definition) is 1. The van der Waals surface area contributed by atoms with Gasteiger partial charge in [0.05, 0.1) is 16.4 Å². The van der Waals surface area contributed by atoms with Crippen molar-refractivity contribution < 1.29 is 14.4 Å². The fraction of sp³-hybridized carbons (Fsp3) is 0.400. The molecule has 0 atom stereocenters. The van der Waals surface area contributed by atoms with Crippen molar-refractivity contribution >= 4 is 40.7 Å². The lowest BCUT2D eigenvalue weighted by Gasteiger charge is -2.20. The van der Waals surface area contributed by atoms with Crippen molar-refractivity contribution in [2.45, 2.75) is 19.3 Å². The Balaban J connectivity index is 1.99. The zero-order valence-electron chi connectivity index (χ0n) is 12.6. The Hall–Kier alpha value is -2.08. The summed E-state index contributed by atoms with van der Waals surface area (Å²) < 4.78 is 0. The Bertz CT molecular complexity index is 600. The molecule has 0 aromatic heterocycles. The van der Waals surface area contributed by atoms with E-state index in [1.165, 1.54) is 0 Å². The van der Waals surface area contributed by atoms with Gasteiger partial charge < -0.3 is 10.2 Å². The summed E-state index contributed by atoms with van der Waals surface area (Å²) in [6.07, 6.45) is 0.538. The molecule has 1 N–H and O–H groups in total. The van der Waals surface area contributed by atoms with Crippen LogP contribution in [0.4, 0.5) is 11.4 Å². The Morgan fingerprint density at radius 1 is 1.27 bits per heavy atom. The van der Waals surface area contributed by atoms with E-state index in [1.54, 1.807) is 18.2 Å². The molecule has 7 heteroatoms. The van der Waals surface area contributed by atoms with Crippen LogP contribution in [0.5, 0.6) is 0 Å². The van der Waals surface area contributed by atoms with Crippen molar-refractivity contribution in [3.05, 3.63) is 23.2 Å². The number of halogens is 1. The summed E-state index contributed by atoms with van der Waals surface area (Å²) in [5.41, 5.74) is 1.31. The molecule has 0 aliphatic carbocycles. The molecule has 0 unspecified atom stereocenters. The van der Waals surface area contributed by atoms with Crippen LogP contribution in [0, 0.1) is 0 Å². The third-order valence-corrected chi connectivity index (χ3v) is 3.73. The van der Waals surface area contributed by atoms with E-state index in [2.05, 4.69) is 5.32 Å². The van der Waals surface area contributed by atoms with Crippen molar-refractivity contribution in [2.24, 2.45) is 0 Å². The van der Waals surface area contributed by atoms with Crippen LogP contribution in [0.1, 0.15) is 19.3 Å². The number of amides is 3. The molecular weight excluding hydrogens is 306 g/mol. The van der Waals surface area contributed by atoms with Gasteiger partial charge in [-0.05, 0) is 12.1 Å². The predicted molar refractivity (Wildman–Crippen MR) is 85.0 cm³/mol. The number of rotatable bonds is 5. The minimum Gasteiger partial charge on any atom is -0.375 e. The molecule has 2 rings (SSSR count). The predicted octanol–water partition coefficient (Wildman–Crippen LogP) is 1.88. The van der Waals surface area contributed by atoms with Crippen LogP contribution in [0.15, 0.2) is 18.2 Å². The molecular formula is C15H18ClN3O3. The number of nitrogens with one attached hydrogen (secondary N) is 1. The summed E-state index contributed by atoms with van der Waals surface area (Å²) in [5, 5.41) is 3.31. The normalized spacial score (nSPS) is 14.4. The zero-order chi connectivity index (χ0) is 16.3. The molecule has 1 fully saturated rings. The van der Waals surface area contributed by atoms with Crippen LogP contribution in [-0.4, -0.2) is 43.3 Å². The molecule has 0 bridgehead atoms. The van der Waals surface area contributed by atoms with E-state index in [1.807, 2.05) is 19.0 Å². The first-order valence-corrected chi connectivity index (χ1v) is 7.37. The van der Waals surface area contributed by atoms with E-state index in [4.69, 9.17) is 11.6 Å². The number of para-hydroxylation sites is 1. The van der Waals surface area contributed by atoms with Crippen LogP contribution in [0.25, 0.3) is 0 Å². The lowest BCUT2D eigenvalue weighted by atomic mass is 10.2. The number of benzene rings is 1. The maximum absolute atomic E-state index is 12.0. The number of anilines is 2. The molecule has 1 aliphatic rings. The highest BCUT2D eigenvalue weighted by atomic mass is 35.5. The van der Waals surface area contributed by atoms with E-state index >= 15 is 0 Å². The fourth-order valence-corrected chi connectivity index (χ4v) is 2.71. The van der Waals surface area contributed by atoms with E-state index in [0.29, 0.717) is 16.4 Å². The zero-order valence-corrected chi connectivity index (χ0v) is 13.3. The van der Waals surface area contributed by atoms with Gasteiger partial charge in [0, 0.05) is 39.9 Å². The summed E-state index contributed by atoms with van der Waals surface area (Å²) in [6.45, 7) is 0.112. The van der Waals surface area contributed by atoms with Gasteiger partial charge in [-0.25, -0.2) is 0 Å². The van der Waals surface area contributed by atoms with E-state index in [0.717, 1.165) is 4.90 Å². The molecule has 3 amide bonds. The first kappa shape index (κ1) is 16.3. The molecule has 0 spiro atoms. The van der Waals surface area contributed by atoms with Crippen LogP contribution in [0.3, 0.4) is 0 Å². The third kappa shape index (κ3) is 3.57. The second-order valence-corrected chi connectivity index (χ2v) is 5.67. The lowest BCUT2D eigenvalue weighted by Crippen LogP contribution is -2.32. The second-order valence-electron chi connectivity index (χ2n) is 5.27. The highest BCUT2D eigenvalue weighted by Crippen LogP contribution is 2.32. The lowest BCUT2D eigenvalue weighted by molar-refractivity contribution is -0.138. The second kappa shape index (κ2) is 6.79. The first-order valence-electron chi connectivity index (χ1n) is 6.99. The first-order chi connectivity index (χ1) is 10.4. The number of carbonyl (C=O) groups excluding carboxylic acids is 3. The fourth-order valence-electron chi connectivity index (χ4n) is 2.37. The molecule has 1 aromatic rings. The van der Waals surface area contributed by atoms with Gasteiger partial charge >= 0.3 is 0 Å². The molecule has 6 nitrogen and oxygen atoms in total. The van der Waals surface area contributed by atoms with Gasteiger partial charge in [0.1, 0.15) is 0 Å². The minimum absolute atomic E-state index is 0.0663. The SMILES string of the molecule is CN(C)c1c(Cl)cccc1NC(=O)CCN1C(=O)CCC1=O. The number of nitrogens with zero attached hydrogens (tertiary/aromatic N) is 2. The number of likely N-dealkylation sites (tertiary alicyclic amines) is 1. The monoisotopic (exact) mass is 323 g/mol. The molecule has 118 valence electrons. The maximum atomic E-state index is 12.0. The molecule has 1 heterocycles. The van der Waals surface area contributed by atoms with Gasteiger partial charge in [-0.15, -0.1) is 0 Å². The van der Waals surface area contributed by atoms with E-state index in [-0.39, 0.29) is 43.5 Å². The van der Waals surface area contributed by atoms with Gasteiger partial charge in [0.2, 0.25) is 17.7 Å². The van der Waals surface area contributed by atoms with Crippen molar-refractivity contribution in [2.75, 3.05) is 30.9 Å². The Kier molecular flexibility index (Phi) is 5.03. The summed E-state index contributed by atoms with van der Waals surface area (Å²) in [6, 6.07) is 5.25. The molecule has 1 saturated heterocycles. The number of carbonyl (C=O) groups is 3.